The number of rotatable bonds is 3. The van der Waals surface area contributed by atoms with Crippen LogP contribution in [0.4, 0.5) is 24.7 Å². The third-order valence-electron chi connectivity index (χ3n) is 3.19. The summed E-state index contributed by atoms with van der Waals surface area (Å²) in [5.74, 6) is 0.372. The zero-order chi connectivity index (χ0) is 15.7. The molecule has 5 nitrogen and oxygen atoms in total. The summed E-state index contributed by atoms with van der Waals surface area (Å²) in [5.41, 5.74) is 0.719. The number of nitrogens with zero attached hydrogens (tertiary/aromatic N) is 4. The molecule has 0 saturated heterocycles. The number of hydrogen-bond acceptors (Lipinski definition) is 4. The SMILES string of the molecule is CCn1cnc2c(Nc3cccc(C(F)(F)F)c3)ncnc21. The normalized spacial score (nSPS) is 11.8. The number of aromatic nitrogens is 4. The van der Waals surface area contributed by atoms with Crippen molar-refractivity contribution >= 4 is 22.7 Å². The molecular weight excluding hydrogens is 295 g/mol. The molecule has 2 heterocycles. The van der Waals surface area contributed by atoms with Crippen molar-refractivity contribution in [3.63, 3.8) is 0 Å². The van der Waals surface area contributed by atoms with Crippen LogP contribution in [0.25, 0.3) is 11.2 Å². The van der Waals surface area contributed by atoms with Gasteiger partial charge in [0, 0.05) is 12.2 Å². The third-order valence-corrected chi connectivity index (χ3v) is 3.19. The Bertz CT molecular complexity index is 810. The van der Waals surface area contributed by atoms with Crippen LogP contribution in [0, 0.1) is 0 Å². The maximum Gasteiger partial charge on any atom is 0.416 e. The molecular formula is C14H12F3N5. The Morgan fingerprint density at radius 3 is 2.73 bits per heavy atom. The van der Waals surface area contributed by atoms with Gasteiger partial charge in [-0.2, -0.15) is 13.2 Å². The number of anilines is 2. The van der Waals surface area contributed by atoms with Crippen molar-refractivity contribution in [1.82, 2.24) is 19.5 Å². The summed E-state index contributed by atoms with van der Waals surface area (Å²) >= 11 is 0. The number of alkyl halides is 3. The van der Waals surface area contributed by atoms with Gasteiger partial charge in [-0.3, -0.25) is 0 Å². The Morgan fingerprint density at radius 1 is 1.18 bits per heavy atom. The van der Waals surface area contributed by atoms with Crippen molar-refractivity contribution in [2.24, 2.45) is 0 Å². The van der Waals surface area contributed by atoms with E-state index in [-0.39, 0.29) is 0 Å². The van der Waals surface area contributed by atoms with Gasteiger partial charge in [0.1, 0.15) is 6.33 Å². The fourth-order valence-electron chi connectivity index (χ4n) is 2.11. The minimum absolute atomic E-state index is 0.292. The second-order valence-corrected chi connectivity index (χ2v) is 4.63. The highest BCUT2D eigenvalue weighted by molar-refractivity contribution is 5.85. The van der Waals surface area contributed by atoms with Crippen molar-refractivity contribution in [2.45, 2.75) is 19.6 Å². The van der Waals surface area contributed by atoms with Crippen LogP contribution in [0.5, 0.6) is 0 Å². The number of fused-ring (bicyclic) bond motifs is 1. The zero-order valence-electron chi connectivity index (χ0n) is 11.6. The highest BCUT2D eigenvalue weighted by Gasteiger charge is 2.30. The number of halogens is 3. The lowest BCUT2D eigenvalue weighted by atomic mass is 10.2. The van der Waals surface area contributed by atoms with Gasteiger partial charge in [0.15, 0.2) is 17.0 Å². The molecule has 0 saturated carbocycles. The van der Waals surface area contributed by atoms with Crippen molar-refractivity contribution in [3.05, 3.63) is 42.5 Å². The lowest BCUT2D eigenvalue weighted by molar-refractivity contribution is -0.137. The maximum atomic E-state index is 12.7. The standard InChI is InChI=1S/C14H12F3N5/c1-2-22-8-20-11-12(18-7-19-13(11)22)21-10-5-3-4-9(6-10)14(15,16)17/h3-8H,2H2,1H3,(H,18,19,21). The summed E-state index contributed by atoms with van der Waals surface area (Å²) in [6.45, 7) is 2.64. The van der Waals surface area contributed by atoms with Gasteiger partial charge >= 0.3 is 6.18 Å². The summed E-state index contributed by atoms with van der Waals surface area (Å²) < 4.78 is 40.0. The quantitative estimate of drug-likeness (QED) is 0.803. The van der Waals surface area contributed by atoms with Gasteiger partial charge in [-0.05, 0) is 25.1 Å². The van der Waals surface area contributed by atoms with Crippen LogP contribution in [0.3, 0.4) is 0 Å². The van der Waals surface area contributed by atoms with Crippen LogP contribution >= 0.6 is 0 Å². The molecule has 8 heteroatoms. The third kappa shape index (κ3) is 2.59. The van der Waals surface area contributed by atoms with E-state index in [0.29, 0.717) is 29.2 Å². The smallest absolute Gasteiger partial charge is 0.338 e. The van der Waals surface area contributed by atoms with E-state index >= 15 is 0 Å². The summed E-state index contributed by atoms with van der Waals surface area (Å²) in [5, 5.41) is 2.87. The van der Waals surface area contributed by atoms with Gasteiger partial charge < -0.3 is 9.88 Å². The van der Waals surface area contributed by atoms with E-state index < -0.39 is 11.7 Å². The van der Waals surface area contributed by atoms with E-state index in [2.05, 4.69) is 20.3 Å². The van der Waals surface area contributed by atoms with E-state index in [0.717, 1.165) is 12.1 Å². The molecule has 22 heavy (non-hydrogen) atoms. The zero-order valence-corrected chi connectivity index (χ0v) is 11.6. The minimum Gasteiger partial charge on any atom is -0.338 e. The molecule has 0 fully saturated rings. The van der Waals surface area contributed by atoms with Crippen LogP contribution < -0.4 is 5.32 Å². The number of imidazole rings is 1. The summed E-state index contributed by atoms with van der Waals surface area (Å²) in [7, 11) is 0. The van der Waals surface area contributed by atoms with Crippen molar-refractivity contribution in [1.29, 1.82) is 0 Å². The van der Waals surface area contributed by atoms with E-state index in [9.17, 15) is 13.2 Å². The monoisotopic (exact) mass is 307 g/mol. The summed E-state index contributed by atoms with van der Waals surface area (Å²) in [6, 6.07) is 4.94. The predicted molar refractivity (Wildman–Crippen MR) is 75.7 cm³/mol. The minimum atomic E-state index is -4.39. The molecule has 0 unspecified atom stereocenters. The molecule has 0 radical (unpaired) electrons. The molecule has 0 aliphatic carbocycles. The molecule has 0 amide bonds. The molecule has 0 bridgehead atoms. The number of aryl methyl sites for hydroxylation is 1. The highest BCUT2D eigenvalue weighted by Crippen LogP contribution is 2.31. The van der Waals surface area contributed by atoms with Gasteiger partial charge in [0.25, 0.3) is 0 Å². The van der Waals surface area contributed by atoms with Gasteiger partial charge in [-0.15, -0.1) is 0 Å². The lowest BCUT2D eigenvalue weighted by Crippen LogP contribution is -2.05. The Morgan fingerprint density at radius 2 is 2.00 bits per heavy atom. The van der Waals surface area contributed by atoms with E-state index in [1.165, 1.54) is 12.4 Å². The molecule has 0 aliphatic heterocycles. The fraction of sp³-hybridized carbons (Fsp3) is 0.214. The molecule has 3 rings (SSSR count). The fourth-order valence-corrected chi connectivity index (χ4v) is 2.11. The summed E-state index contributed by atoms with van der Waals surface area (Å²) in [4.78, 5) is 12.4. The van der Waals surface area contributed by atoms with Crippen LogP contribution in [-0.4, -0.2) is 19.5 Å². The second-order valence-electron chi connectivity index (χ2n) is 4.63. The maximum absolute atomic E-state index is 12.7. The Kier molecular flexibility index (Phi) is 3.44. The Hall–Kier alpha value is -2.64. The number of hydrogen-bond donors (Lipinski definition) is 1. The van der Waals surface area contributed by atoms with Gasteiger partial charge in [0.2, 0.25) is 0 Å². The number of benzene rings is 1. The van der Waals surface area contributed by atoms with Crippen molar-refractivity contribution in [2.75, 3.05) is 5.32 Å². The first kappa shape index (κ1) is 14.3. The average Bonchev–Trinajstić information content (AvgIpc) is 2.91. The van der Waals surface area contributed by atoms with E-state index in [4.69, 9.17) is 0 Å². The first-order valence-corrected chi connectivity index (χ1v) is 6.59. The van der Waals surface area contributed by atoms with Crippen molar-refractivity contribution < 1.29 is 13.2 Å². The molecule has 1 N–H and O–H groups in total. The molecule has 0 aliphatic rings. The molecule has 0 spiro atoms. The van der Waals surface area contributed by atoms with Crippen LogP contribution in [0.15, 0.2) is 36.9 Å². The second kappa shape index (κ2) is 5.28. The molecule has 114 valence electrons. The molecule has 1 aromatic carbocycles. The van der Waals surface area contributed by atoms with Crippen LogP contribution in [-0.2, 0) is 12.7 Å². The van der Waals surface area contributed by atoms with Gasteiger partial charge in [0.05, 0.1) is 11.9 Å². The Labute approximate surface area is 123 Å². The average molecular weight is 307 g/mol. The first-order chi connectivity index (χ1) is 10.5. The highest BCUT2D eigenvalue weighted by atomic mass is 19.4. The topological polar surface area (TPSA) is 55.6 Å². The molecule has 3 aromatic rings. The van der Waals surface area contributed by atoms with Gasteiger partial charge in [-0.25, -0.2) is 15.0 Å². The predicted octanol–water partition coefficient (Wildman–Crippen LogP) is 3.61. The Balaban J connectivity index is 1.99. The lowest BCUT2D eigenvalue weighted by Gasteiger charge is -2.10. The van der Waals surface area contributed by atoms with E-state index in [1.54, 1.807) is 12.4 Å². The first-order valence-electron chi connectivity index (χ1n) is 6.59. The largest absolute Gasteiger partial charge is 0.416 e. The number of nitrogens with one attached hydrogen (secondary N) is 1. The molecule has 2 aromatic heterocycles. The van der Waals surface area contributed by atoms with Crippen molar-refractivity contribution in [3.8, 4) is 0 Å². The van der Waals surface area contributed by atoms with Gasteiger partial charge in [-0.1, -0.05) is 6.07 Å². The van der Waals surface area contributed by atoms with Crippen LogP contribution in [0.1, 0.15) is 12.5 Å². The molecule has 0 atom stereocenters. The van der Waals surface area contributed by atoms with Crippen LogP contribution in [0.2, 0.25) is 0 Å². The summed E-state index contributed by atoms with van der Waals surface area (Å²) in [6.07, 6.45) is -1.41. The van der Waals surface area contributed by atoms with E-state index in [1.807, 2.05) is 11.5 Å².